The molecule has 0 aliphatic heterocycles. The maximum atomic E-state index is 6.73. The minimum absolute atomic E-state index is 0.107. The second-order valence-electron chi connectivity index (χ2n) is 16.3. The third-order valence-corrected chi connectivity index (χ3v) is 12.8. The van der Waals surface area contributed by atoms with Gasteiger partial charge in [-0.25, -0.2) is 0 Å². The van der Waals surface area contributed by atoms with Crippen LogP contribution in [0.2, 0.25) is 0 Å². The lowest BCUT2D eigenvalue weighted by Gasteiger charge is -2.29. The summed E-state index contributed by atoms with van der Waals surface area (Å²) >= 11 is 0. The summed E-state index contributed by atoms with van der Waals surface area (Å²) in [6.07, 6.45) is 5.08. The monoisotopic (exact) mass is 721 g/mol. The van der Waals surface area contributed by atoms with Crippen LogP contribution in [0, 0.1) is 0 Å². The molecule has 2 heteroatoms. The quantitative estimate of drug-likeness (QED) is 0.170. The van der Waals surface area contributed by atoms with Crippen LogP contribution in [-0.2, 0) is 5.41 Å². The highest BCUT2D eigenvalue weighted by atomic mass is 16.3. The second-order valence-corrected chi connectivity index (χ2v) is 16.3. The Morgan fingerprint density at radius 3 is 2.07 bits per heavy atom. The number of hydrogen-bond acceptors (Lipinski definition) is 2. The molecule has 11 rings (SSSR count). The van der Waals surface area contributed by atoms with E-state index in [2.05, 4.69) is 189 Å². The first kappa shape index (κ1) is 33.0. The number of benzene rings is 8. The fourth-order valence-corrected chi connectivity index (χ4v) is 9.98. The summed E-state index contributed by atoms with van der Waals surface area (Å²) in [6, 6.07) is 62.8. The summed E-state index contributed by atoms with van der Waals surface area (Å²) in [5.41, 5.74) is 16.9. The molecule has 1 saturated carbocycles. The molecule has 0 spiro atoms. The first-order valence-electron chi connectivity index (χ1n) is 20.2. The molecular formula is C54H43NO. The van der Waals surface area contributed by atoms with Crippen molar-refractivity contribution in [2.45, 2.75) is 50.9 Å². The maximum Gasteiger partial charge on any atom is 0.138 e. The molecule has 0 atom stereocenters. The molecule has 9 aromatic rings. The van der Waals surface area contributed by atoms with E-state index in [1.807, 2.05) is 0 Å². The van der Waals surface area contributed by atoms with Gasteiger partial charge < -0.3 is 9.32 Å². The van der Waals surface area contributed by atoms with Crippen LogP contribution in [-0.4, -0.2) is 0 Å². The Labute approximate surface area is 328 Å². The van der Waals surface area contributed by atoms with Crippen LogP contribution in [0.5, 0.6) is 0 Å². The predicted molar refractivity (Wildman–Crippen MR) is 236 cm³/mol. The Balaban J connectivity index is 1.14. The summed E-state index contributed by atoms with van der Waals surface area (Å²) in [4.78, 5) is 2.46. The van der Waals surface area contributed by atoms with Gasteiger partial charge in [-0.3, -0.25) is 0 Å². The zero-order valence-corrected chi connectivity index (χ0v) is 31.9. The minimum atomic E-state index is -0.107. The fraction of sp³-hybridized carbons (Fsp3) is 0.148. The summed E-state index contributed by atoms with van der Waals surface area (Å²) in [7, 11) is 0. The normalized spacial score (nSPS) is 14.8. The first-order valence-corrected chi connectivity index (χ1v) is 20.2. The molecule has 0 unspecified atom stereocenters. The average molecular weight is 722 g/mol. The van der Waals surface area contributed by atoms with Crippen molar-refractivity contribution in [2.24, 2.45) is 0 Å². The molecule has 270 valence electrons. The molecule has 2 aliphatic carbocycles. The Hall–Kier alpha value is -6.38. The van der Waals surface area contributed by atoms with E-state index < -0.39 is 0 Å². The smallest absolute Gasteiger partial charge is 0.138 e. The molecule has 1 heterocycles. The molecule has 0 radical (unpaired) electrons. The zero-order valence-electron chi connectivity index (χ0n) is 31.9. The Morgan fingerprint density at radius 1 is 0.518 bits per heavy atom. The first-order chi connectivity index (χ1) is 27.5. The minimum Gasteiger partial charge on any atom is -0.456 e. The molecule has 2 aliphatic rings. The predicted octanol–water partition coefficient (Wildman–Crippen LogP) is 15.5. The van der Waals surface area contributed by atoms with E-state index in [1.165, 1.54) is 91.9 Å². The second kappa shape index (κ2) is 12.9. The number of fused-ring (bicyclic) bond motifs is 7. The van der Waals surface area contributed by atoms with Gasteiger partial charge in [0.15, 0.2) is 0 Å². The van der Waals surface area contributed by atoms with Gasteiger partial charge in [0, 0.05) is 33.1 Å². The van der Waals surface area contributed by atoms with Crippen molar-refractivity contribution in [1.82, 2.24) is 0 Å². The lowest BCUT2D eigenvalue weighted by Crippen LogP contribution is -2.15. The van der Waals surface area contributed by atoms with E-state index in [4.69, 9.17) is 4.42 Å². The Morgan fingerprint density at radius 2 is 1.21 bits per heavy atom. The van der Waals surface area contributed by atoms with Gasteiger partial charge in [-0.1, -0.05) is 154 Å². The van der Waals surface area contributed by atoms with Crippen LogP contribution in [0.25, 0.3) is 66.1 Å². The summed E-state index contributed by atoms with van der Waals surface area (Å²) in [6.45, 7) is 4.74. The molecule has 0 saturated heterocycles. The lowest BCUT2D eigenvalue weighted by atomic mass is 9.81. The van der Waals surface area contributed by atoms with Crippen molar-refractivity contribution >= 4 is 49.8 Å². The van der Waals surface area contributed by atoms with E-state index in [0.29, 0.717) is 5.92 Å². The van der Waals surface area contributed by atoms with E-state index in [-0.39, 0.29) is 5.41 Å². The molecule has 56 heavy (non-hydrogen) atoms. The van der Waals surface area contributed by atoms with Gasteiger partial charge in [-0.2, -0.15) is 0 Å². The summed E-state index contributed by atoms with van der Waals surface area (Å²) in [5, 5.41) is 4.82. The van der Waals surface area contributed by atoms with Gasteiger partial charge in [0.05, 0.1) is 5.69 Å². The number of hydrogen-bond donors (Lipinski definition) is 0. The number of nitrogens with zero attached hydrogens (tertiary/aromatic N) is 1. The van der Waals surface area contributed by atoms with Crippen LogP contribution in [0.3, 0.4) is 0 Å². The van der Waals surface area contributed by atoms with E-state index in [0.717, 1.165) is 33.6 Å². The van der Waals surface area contributed by atoms with Crippen LogP contribution in [0.4, 0.5) is 17.1 Å². The van der Waals surface area contributed by atoms with Crippen molar-refractivity contribution in [3.8, 4) is 33.4 Å². The summed E-state index contributed by atoms with van der Waals surface area (Å²) in [5.74, 6) is 0.573. The molecule has 2 nitrogen and oxygen atoms in total. The van der Waals surface area contributed by atoms with Gasteiger partial charge >= 0.3 is 0 Å². The number of para-hydroxylation sites is 1. The largest absolute Gasteiger partial charge is 0.456 e. The Kier molecular flexibility index (Phi) is 7.57. The average Bonchev–Trinajstić information content (AvgIpc) is 3.97. The maximum absolute atomic E-state index is 6.73. The van der Waals surface area contributed by atoms with Crippen molar-refractivity contribution in [3.05, 3.63) is 187 Å². The molecular weight excluding hydrogens is 679 g/mol. The topological polar surface area (TPSA) is 16.4 Å². The summed E-state index contributed by atoms with van der Waals surface area (Å²) < 4.78 is 6.73. The molecule has 1 fully saturated rings. The van der Waals surface area contributed by atoms with Gasteiger partial charge in [-0.15, -0.1) is 0 Å². The number of rotatable bonds is 6. The standard InChI is InChI=1S/C54H43NO/c1-54(2)48-22-11-10-19-44(48)45-30-25-39(33-49(45)54)52-42-18-9-8-17-38(42)26-31-50(52)55(40-27-23-36(24-28-40)35-13-4-3-5-14-35)41-29-32-51-47(34-41)46-21-12-20-43(53(46)56-51)37-15-6-7-16-37/h3-5,8-14,17-34,37H,6-7,15-16H2,1-2H3. The number of furan rings is 1. The van der Waals surface area contributed by atoms with Crippen molar-refractivity contribution in [1.29, 1.82) is 0 Å². The molecule has 0 bridgehead atoms. The molecule has 1 aromatic heterocycles. The fourth-order valence-electron chi connectivity index (χ4n) is 9.98. The number of anilines is 3. The van der Waals surface area contributed by atoms with Crippen LogP contribution in [0.1, 0.15) is 62.1 Å². The van der Waals surface area contributed by atoms with Gasteiger partial charge in [-0.05, 0) is 117 Å². The highest BCUT2D eigenvalue weighted by molar-refractivity contribution is 6.09. The third-order valence-electron chi connectivity index (χ3n) is 12.8. The lowest BCUT2D eigenvalue weighted by molar-refractivity contribution is 0.643. The third kappa shape index (κ3) is 5.16. The van der Waals surface area contributed by atoms with Gasteiger partial charge in [0.1, 0.15) is 11.2 Å². The van der Waals surface area contributed by atoms with Crippen molar-refractivity contribution in [2.75, 3.05) is 4.90 Å². The highest BCUT2D eigenvalue weighted by Crippen LogP contribution is 2.52. The van der Waals surface area contributed by atoms with Crippen molar-refractivity contribution < 1.29 is 4.42 Å². The van der Waals surface area contributed by atoms with Gasteiger partial charge in [0.25, 0.3) is 0 Å². The van der Waals surface area contributed by atoms with Crippen LogP contribution >= 0.6 is 0 Å². The molecule has 0 N–H and O–H groups in total. The van der Waals surface area contributed by atoms with E-state index in [9.17, 15) is 0 Å². The van der Waals surface area contributed by atoms with Gasteiger partial charge in [0.2, 0.25) is 0 Å². The zero-order chi connectivity index (χ0) is 37.4. The molecule has 0 amide bonds. The van der Waals surface area contributed by atoms with Crippen LogP contribution in [0.15, 0.2) is 174 Å². The molecule has 8 aromatic carbocycles. The van der Waals surface area contributed by atoms with Crippen molar-refractivity contribution in [3.63, 3.8) is 0 Å². The van der Waals surface area contributed by atoms with E-state index >= 15 is 0 Å². The Bertz CT molecular complexity index is 2940. The highest BCUT2D eigenvalue weighted by Gasteiger charge is 2.35. The van der Waals surface area contributed by atoms with E-state index in [1.54, 1.807) is 0 Å². The van der Waals surface area contributed by atoms with Crippen LogP contribution < -0.4 is 4.90 Å². The SMILES string of the molecule is CC1(C)c2ccccc2-c2ccc(-c3c(N(c4ccc(-c5ccccc5)cc4)c4ccc5oc6c(C7CCCC7)cccc6c5c4)ccc4ccccc34)cc21.